The number of benzene rings is 1. The number of ether oxygens (including phenoxy) is 1. The van der Waals surface area contributed by atoms with Crippen molar-refractivity contribution in [1.29, 1.82) is 0 Å². The first kappa shape index (κ1) is 20.3. The number of hydrogen-bond acceptors (Lipinski definition) is 4. The van der Waals surface area contributed by atoms with Crippen molar-refractivity contribution in [2.75, 3.05) is 39.3 Å². The van der Waals surface area contributed by atoms with Gasteiger partial charge in [0.25, 0.3) is 10.2 Å². The van der Waals surface area contributed by atoms with Crippen molar-refractivity contribution in [2.24, 2.45) is 0 Å². The summed E-state index contributed by atoms with van der Waals surface area (Å²) in [5, 5.41) is 0. The zero-order valence-electron chi connectivity index (χ0n) is 16.1. The third kappa shape index (κ3) is 5.07. The molecule has 2 aliphatic heterocycles. The first-order valence-electron chi connectivity index (χ1n) is 9.58. The molecule has 150 valence electrons. The van der Waals surface area contributed by atoms with Crippen molar-refractivity contribution >= 4 is 16.1 Å². The minimum absolute atomic E-state index is 0.0875. The number of amides is 1. The van der Waals surface area contributed by atoms with Gasteiger partial charge in [-0.15, -0.1) is 0 Å². The second kappa shape index (κ2) is 8.68. The molecule has 7 nitrogen and oxygen atoms in total. The lowest BCUT2D eigenvalue weighted by atomic mass is 10.1. The number of rotatable bonds is 5. The normalized spacial score (nSPS) is 25.5. The monoisotopic (exact) mass is 395 g/mol. The van der Waals surface area contributed by atoms with E-state index in [4.69, 9.17) is 4.74 Å². The first-order valence-corrected chi connectivity index (χ1v) is 11.0. The quantitative estimate of drug-likeness (QED) is 0.749. The summed E-state index contributed by atoms with van der Waals surface area (Å²) >= 11 is 0. The van der Waals surface area contributed by atoms with Gasteiger partial charge in [0.2, 0.25) is 5.91 Å². The van der Waals surface area contributed by atoms with Crippen LogP contribution >= 0.6 is 0 Å². The largest absolute Gasteiger partial charge is 0.373 e. The highest BCUT2D eigenvalue weighted by Crippen LogP contribution is 2.19. The first-order chi connectivity index (χ1) is 12.9. The van der Waals surface area contributed by atoms with Gasteiger partial charge in [-0.3, -0.25) is 4.79 Å². The van der Waals surface area contributed by atoms with Crippen molar-refractivity contribution in [3.8, 4) is 0 Å². The Morgan fingerprint density at radius 2 is 1.59 bits per heavy atom. The van der Waals surface area contributed by atoms with Crippen molar-refractivity contribution in [1.82, 2.24) is 13.5 Å². The number of carbonyl (C=O) groups excluding carboxylic acids is 1. The molecule has 2 fully saturated rings. The van der Waals surface area contributed by atoms with Gasteiger partial charge in [0.15, 0.2) is 0 Å². The lowest BCUT2D eigenvalue weighted by Crippen LogP contribution is -2.57. The molecule has 8 heteroatoms. The van der Waals surface area contributed by atoms with Gasteiger partial charge >= 0.3 is 0 Å². The Morgan fingerprint density at radius 1 is 1.00 bits per heavy atom. The minimum atomic E-state index is -3.51. The molecule has 0 unspecified atom stereocenters. The summed E-state index contributed by atoms with van der Waals surface area (Å²) in [4.78, 5) is 14.2. The van der Waals surface area contributed by atoms with E-state index >= 15 is 0 Å². The molecule has 2 atom stereocenters. The maximum atomic E-state index is 12.9. The van der Waals surface area contributed by atoms with Crippen LogP contribution < -0.4 is 0 Å². The van der Waals surface area contributed by atoms with E-state index in [1.54, 1.807) is 4.90 Å². The summed E-state index contributed by atoms with van der Waals surface area (Å²) < 4.78 is 34.5. The highest BCUT2D eigenvalue weighted by atomic mass is 32.2. The zero-order chi connectivity index (χ0) is 19.4. The molecule has 3 rings (SSSR count). The number of piperazine rings is 1. The summed E-state index contributed by atoms with van der Waals surface area (Å²) in [6.45, 7) is 6.12. The standard InChI is InChI=1S/C19H29N3O4S/c1-16-14-22(15-17(2)26-16)27(24,25)21-12-10-20(11-13-21)19(23)9-8-18-6-4-3-5-7-18/h3-7,16-17H,8-15H2,1-2H3/t16-,17-/m0/s1. The molecule has 0 N–H and O–H groups in total. The third-order valence-corrected chi connectivity index (χ3v) is 7.07. The van der Waals surface area contributed by atoms with Crippen LogP contribution in [0.2, 0.25) is 0 Å². The molecule has 0 radical (unpaired) electrons. The minimum Gasteiger partial charge on any atom is -0.373 e. The highest BCUT2D eigenvalue weighted by molar-refractivity contribution is 7.86. The lowest BCUT2D eigenvalue weighted by Gasteiger charge is -2.40. The number of nitrogens with zero attached hydrogens (tertiary/aromatic N) is 3. The molecular weight excluding hydrogens is 366 g/mol. The van der Waals surface area contributed by atoms with Crippen molar-refractivity contribution in [2.45, 2.75) is 38.9 Å². The SMILES string of the molecule is C[C@H]1CN(S(=O)(=O)N2CCN(C(=O)CCc3ccccc3)CC2)C[C@H](C)O1. The maximum absolute atomic E-state index is 12.9. The Kier molecular flexibility index (Phi) is 6.52. The molecule has 0 aromatic heterocycles. The third-order valence-electron chi connectivity index (χ3n) is 5.10. The van der Waals surface area contributed by atoms with Crippen LogP contribution in [0.4, 0.5) is 0 Å². The molecule has 1 aromatic carbocycles. The Morgan fingerprint density at radius 3 is 2.19 bits per heavy atom. The van der Waals surface area contributed by atoms with Crippen LogP contribution in [0.3, 0.4) is 0 Å². The number of aryl methyl sites for hydroxylation is 1. The molecular formula is C19H29N3O4S. The van der Waals surface area contributed by atoms with Gasteiger partial charge in [0, 0.05) is 45.7 Å². The summed E-state index contributed by atoms with van der Waals surface area (Å²) in [5.41, 5.74) is 1.14. The van der Waals surface area contributed by atoms with Crippen LogP contribution in [0, 0.1) is 0 Å². The lowest BCUT2D eigenvalue weighted by molar-refractivity contribution is -0.132. The smallest absolute Gasteiger partial charge is 0.282 e. The van der Waals surface area contributed by atoms with E-state index in [1.165, 1.54) is 8.61 Å². The van der Waals surface area contributed by atoms with Crippen LogP contribution in [0.5, 0.6) is 0 Å². The van der Waals surface area contributed by atoms with E-state index < -0.39 is 10.2 Å². The molecule has 2 saturated heterocycles. The molecule has 0 saturated carbocycles. The van der Waals surface area contributed by atoms with Crippen LogP contribution in [-0.2, 0) is 26.2 Å². The van der Waals surface area contributed by atoms with Gasteiger partial charge < -0.3 is 9.64 Å². The molecule has 27 heavy (non-hydrogen) atoms. The van der Waals surface area contributed by atoms with Crippen LogP contribution in [0.1, 0.15) is 25.8 Å². The van der Waals surface area contributed by atoms with Gasteiger partial charge in [0.05, 0.1) is 12.2 Å². The summed E-state index contributed by atoms with van der Waals surface area (Å²) in [6, 6.07) is 9.93. The summed E-state index contributed by atoms with van der Waals surface area (Å²) in [5.74, 6) is 0.0875. The van der Waals surface area contributed by atoms with E-state index in [-0.39, 0.29) is 18.1 Å². The van der Waals surface area contributed by atoms with Crippen LogP contribution in [0.15, 0.2) is 30.3 Å². The second-order valence-corrected chi connectivity index (χ2v) is 9.28. The molecule has 0 bridgehead atoms. The predicted octanol–water partition coefficient (Wildman–Crippen LogP) is 1.12. The van der Waals surface area contributed by atoms with Crippen molar-refractivity contribution in [3.05, 3.63) is 35.9 Å². The van der Waals surface area contributed by atoms with Crippen molar-refractivity contribution < 1.29 is 17.9 Å². The fourth-order valence-corrected chi connectivity index (χ4v) is 5.45. The average molecular weight is 396 g/mol. The van der Waals surface area contributed by atoms with Gasteiger partial charge in [-0.1, -0.05) is 30.3 Å². The van der Waals surface area contributed by atoms with E-state index in [0.717, 1.165) is 5.56 Å². The Balaban J connectivity index is 1.51. The molecule has 2 aliphatic rings. The van der Waals surface area contributed by atoms with E-state index in [0.29, 0.717) is 52.1 Å². The van der Waals surface area contributed by atoms with Crippen LogP contribution in [-0.4, -0.2) is 79.3 Å². The predicted molar refractivity (Wildman–Crippen MR) is 103 cm³/mol. The van der Waals surface area contributed by atoms with Crippen molar-refractivity contribution in [3.63, 3.8) is 0 Å². The molecule has 0 aliphatic carbocycles. The Hall–Kier alpha value is -1.48. The van der Waals surface area contributed by atoms with Gasteiger partial charge in [-0.25, -0.2) is 0 Å². The summed E-state index contributed by atoms with van der Waals surface area (Å²) in [7, 11) is -3.51. The number of morpholine rings is 1. The van der Waals surface area contributed by atoms with E-state index in [1.807, 2.05) is 44.2 Å². The zero-order valence-corrected chi connectivity index (χ0v) is 16.9. The number of hydrogen-bond donors (Lipinski definition) is 0. The van der Waals surface area contributed by atoms with E-state index in [9.17, 15) is 13.2 Å². The molecule has 0 spiro atoms. The Labute approximate surface area is 162 Å². The topological polar surface area (TPSA) is 70.2 Å². The van der Waals surface area contributed by atoms with Gasteiger partial charge in [0.1, 0.15) is 0 Å². The van der Waals surface area contributed by atoms with E-state index in [2.05, 4.69) is 0 Å². The fourth-order valence-electron chi connectivity index (χ4n) is 3.70. The maximum Gasteiger partial charge on any atom is 0.282 e. The molecule has 1 aromatic rings. The number of carbonyl (C=O) groups is 1. The van der Waals surface area contributed by atoms with Crippen LogP contribution in [0.25, 0.3) is 0 Å². The fraction of sp³-hybridized carbons (Fsp3) is 0.632. The second-order valence-electron chi connectivity index (χ2n) is 7.35. The average Bonchev–Trinajstić information content (AvgIpc) is 2.66. The van der Waals surface area contributed by atoms with Gasteiger partial charge in [-0.2, -0.15) is 17.0 Å². The molecule has 1 amide bonds. The Bertz CT molecular complexity index is 723. The molecule has 2 heterocycles. The highest BCUT2D eigenvalue weighted by Gasteiger charge is 2.37. The summed E-state index contributed by atoms with van der Waals surface area (Å²) in [6.07, 6.45) is 0.950. The van der Waals surface area contributed by atoms with Gasteiger partial charge in [-0.05, 0) is 25.8 Å².